The van der Waals surface area contributed by atoms with E-state index in [1.807, 2.05) is 4.90 Å². The van der Waals surface area contributed by atoms with Gasteiger partial charge in [-0.2, -0.15) is 0 Å². The maximum absolute atomic E-state index is 12.5. The number of amides is 1. The summed E-state index contributed by atoms with van der Waals surface area (Å²) >= 11 is 5.85. The third-order valence-electron chi connectivity index (χ3n) is 3.58. The van der Waals surface area contributed by atoms with E-state index >= 15 is 0 Å². The van der Waals surface area contributed by atoms with Crippen molar-refractivity contribution in [3.8, 4) is 0 Å². The van der Waals surface area contributed by atoms with Crippen LogP contribution >= 0.6 is 11.6 Å². The van der Waals surface area contributed by atoms with Gasteiger partial charge in [0.15, 0.2) is 0 Å². The number of anilines is 1. The number of nitrogen functional groups attached to an aromatic ring is 1. The Labute approximate surface area is 118 Å². The summed E-state index contributed by atoms with van der Waals surface area (Å²) in [6, 6.07) is 5.19. The van der Waals surface area contributed by atoms with Crippen LogP contribution in [0.25, 0.3) is 0 Å². The summed E-state index contributed by atoms with van der Waals surface area (Å²) in [5, 5.41) is 9.44. The van der Waals surface area contributed by atoms with Crippen LogP contribution in [0.1, 0.15) is 36.0 Å². The van der Waals surface area contributed by atoms with Gasteiger partial charge < -0.3 is 15.7 Å². The molecule has 19 heavy (non-hydrogen) atoms. The lowest BCUT2D eigenvalue weighted by molar-refractivity contribution is 0.0725. The fourth-order valence-corrected chi connectivity index (χ4v) is 2.79. The largest absolute Gasteiger partial charge is 0.398 e. The van der Waals surface area contributed by atoms with E-state index in [0.717, 1.165) is 32.2 Å². The van der Waals surface area contributed by atoms with Gasteiger partial charge in [0.25, 0.3) is 5.91 Å². The highest BCUT2D eigenvalue weighted by molar-refractivity contribution is 6.31. The van der Waals surface area contributed by atoms with Crippen LogP contribution in [0.4, 0.5) is 5.69 Å². The summed E-state index contributed by atoms with van der Waals surface area (Å²) in [5.74, 6) is -0.0328. The summed E-state index contributed by atoms with van der Waals surface area (Å²) in [6.45, 7) is 0.929. The summed E-state index contributed by atoms with van der Waals surface area (Å²) < 4.78 is 0. The van der Waals surface area contributed by atoms with Crippen LogP contribution in [0.15, 0.2) is 18.2 Å². The van der Waals surface area contributed by atoms with Crippen LogP contribution in [0.3, 0.4) is 0 Å². The molecular formula is C14H19ClN2O2. The van der Waals surface area contributed by atoms with Gasteiger partial charge in [-0.3, -0.25) is 4.79 Å². The molecule has 1 saturated heterocycles. The molecule has 1 aromatic rings. The minimum Gasteiger partial charge on any atom is -0.398 e. The Morgan fingerprint density at radius 1 is 1.53 bits per heavy atom. The molecule has 5 heteroatoms. The number of likely N-dealkylation sites (tertiary alicyclic amines) is 1. The van der Waals surface area contributed by atoms with Crippen molar-refractivity contribution in [2.24, 2.45) is 0 Å². The number of aliphatic hydroxyl groups is 1. The van der Waals surface area contributed by atoms with Gasteiger partial charge in [-0.05, 0) is 43.9 Å². The Morgan fingerprint density at radius 3 is 3.00 bits per heavy atom. The minimum atomic E-state index is -0.0328. The monoisotopic (exact) mass is 282 g/mol. The van der Waals surface area contributed by atoms with Crippen molar-refractivity contribution in [1.82, 2.24) is 4.90 Å². The molecule has 0 aliphatic carbocycles. The number of rotatable bonds is 4. The Balaban J connectivity index is 2.13. The predicted octanol–water partition coefficient (Wildman–Crippen LogP) is 2.30. The molecule has 1 aliphatic heterocycles. The van der Waals surface area contributed by atoms with Gasteiger partial charge in [0.05, 0.1) is 5.56 Å². The van der Waals surface area contributed by atoms with Gasteiger partial charge in [0.2, 0.25) is 0 Å². The van der Waals surface area contributed by atoms with Crippen molar-refractivity contribution >= 4 is 23.2 Å². The third-order valence-corrected chi connectivity index (χ3v) is 3.81. The van der Waals surface area contributed by atoms with Crippen molar-refractivity contribution in [2.45, 2.75) is 31.7 Å². The fourth-order valence-electron chi connectivity index (χ4n) is 2.61. The summed E-state index contributed by atoms with van der Waals surface area (Å²) in [6.07, 6.45) is 3.58. The normalized spacial score (nSPS) is 18.8. The zero-order valence-corrected chi connectivity index (χ0v) is 11.6. The Hall–Kier alpha value is -1.26. The van der Waals surface area contributed by atoms with Gasteiger partial charge in [0.1, 0.15) is 0 Å². The number of nitrogens with zero attached hydrogens (tertiary/aromatic N) is 1. The van der Waals surface area contributed by atoms with Gasteiger partial charge in [-0.1, -0.05) is 11.6 Å². The van der Waals surface area contributed by atoms with E-state index in [1.165, 1.54) is 0 Å². The molecule has 1 atom stereocenters. The molecule has 0 aromatic heterocycles. The standard InChI is InChI=1S/C14H19ClN2O2/c15-10-5-6-12(13(16)9-10)14(19)17-7-1-3-11(17)4-2-8-18/h5-6,9,11,18H,1-4,7-8,16H2. The molecule has 1 unspecified atom stereocenters. The quantitative estimate of drug-likeness (QED) is 0.833. The van der Waals surface area contributed by atoms with Gasteiger partial charge >= 0.3 is 0 Å². The van der Waals surface area contributed by atoms with Crippen molar-refractivity contribution < 1.29 is 9.90 Å². The molecule has 1 aliphatic rings. The van der Waals surface area contributed by atoms with E-state index in [1.54, 1.807) is 18.2 Å². The highest BCUT2D eigenvalue weighted by Gasteiger charge is 2.29. The first-order valence-electron chi connectivity index (χ1n) is 6.60. The lowest BCUT2D eigenvalue weighted by atomic mass is 10.1. The number of hydrogen-bond donors (Lipinski definition) is 2. The number of halogens is 1. The van der Waals surface area contributed by atoms with Crippen LogP contribution in [-0.4, -0.2) is 35.1 Å². The summed E-state index contributed by atoms with van der Waals surface area (Å²) in [4.78, 5) is 14.4. The third kappa shape index (κ3) is 3.19. The van der Waals surface area contributed by atoms with Crippen molar-refractivity contribution in [2.75, 3.05) is 18.9 Å². The molecule has 1 aromatic carbocycles. The second-order valence-electron chi connectivity index (χ2n) is 4.89. The van der Waals surface area contributed by atoms with Crippen molar-refractivity contribution in [1.29, 1.82) is 0 Å². The van der Waals surface area contributed by atoms with E-state index in [0.29, 0.717) is 16.3 Å². The molecule has 0 bridgehead atoms. The number of benzene rings is 1. The van der Waals surface area contributed by atoms with E-state index < -0.39 is 0 Å². The first kappa shape index (κ1) is 14.2. The second-order valence-corrected chi connectivity index (χ2v) is 5.33. The Morgan fingerprint density at radius 2 is 2.32 bits per heavy atom. The minimum absolute atomic E-state index is 0.0328. The SMILES string of the molecule is Nc1cc(Cl)ccc1C(=O)N1CCCC1CCCO. The molecule has 1 heterocycles. The zero-order chi connectivity index (χ0) is 13.8. The topological polar surface area (TPSA) is 66.6 Å². The lowest BCUT2D eigenvalue weighted by Crippen LogP contribution is -2.36. The number of hydrogen-bond acceptors (Lipinski definition) is 3. The summed E-state index contributed by atoms with van der Waals surface area (Å²) in [5.41, 5.74) is 6.80. The number of nitrogens with two attached hydrogens (primary N) is 1. The van der Waals surface area contributed by atoms with Crippen LogP contribution in [0, 0.1) is 0 Å². The van der Waals surface area contributed by atoms with Crippen molar-refractivity contribution in [3.05, 3.63) is 28.8 Å². The van der Waals surface area contributed by atoms with Gasteiger partial charge in [-0.25, -0.2) is 0 Å². The number of carbonyl (C=O) groups is 1. The first-order valence-corrected chi connectivity index (χ1v) is 6.98. The molecule has 1 amide bonds. The molecule has 1 fully saturated rings. The van der Waals surface area contributed by atoms with Crippen LogP contribution in [0.5, 0.6) is 0 Å². The highest BCUT2D eigenvalue weighted by atomic mass is 35.5. The molecule has 104 valence electrons. The average Bonchev–Trinajstić information content (AvgIpc) is 2.83. The molecule has 4 nitrogen and oxygen atoms in total. The fraction of sp³-hybridized carbons (Fsp3) is 0.500. The number of carbonyl (C=O) groups excluding carboxylic acids is 1. The lowest BCUT2D eigenvalue weighted by Gasteiger charge is -2.25. The van der Waals surface area contributed by atoms with Crippen LogP contribution in [-0.2, 0) is 0 Å². The second kappa shape index (κ2) is 6.26. The molecule has 2 rings (SSSR count). The Kier molecular flexibility index (Phi) is 4.66. The smallest absolute Gasteiger partial charge is 0.256 e. The molecule has 0 saturated carbocycles. The van der Waals surface area contributed by atoms with Crippen molar-refractivity contribution in [3.63, 3.8) is 0 Å². The zero-order valence-electron chi connectivity index (χ0n) is 10.8. The average molecular weight is 283 g/mol. The van der Waals surface area contributed by atoms with E-state index in [9.17, 15) is 4.79 Å². The molecular weight excluding hydrogens is 264 g/mol. The molecule has 0 radical (unpaired) electrons. The Bertz CT molecular complexity index is 465. The number of aliphatic hydroxyl groups excluding tert-OH is 1. The van der Waals surface area contributed by atoms with Crippen LogP contribution in [0.2, 0.25) is 5.02 Å². The van der Waals surface area contributed by atoms with Gasteiger partial charge in [0, 0.05) is 29.9 Å². The predicted molar refractivity (Wildman–Crippen MR) is 76.2 cm³/mol. The maximum Gasteiger partial charge on any atom is 0.256 e. The van der Waals surface area contributed by atoms with E-state index in [-0.39, 0.29) is 18.6 Å². The van der Waals surface area contributed by atoms with Gasteiger partial charge in [-0.15, -0.1) is 0 Å². The highest BCUT2D eigenvalue weighted by Crippen LogP contribution is 2.26. The molecule has 0 spiro atoms. The van der Waals surface area contributed by atoms with E-state index in [2.05, 4.69) is 0 Å². The first-order chi connectivity index (χ1) is 9.13. The maximum atomic E-state index is 12.5. The van der Waals surface area contributed by atoms with E-state index in [4.69, 9.17) is 22.4 Å². The summed E-state index contributed by atoms with van der Waals surface area (Å²) in [7, 11) is 0. The van der Waals surface area contributed by atoms with Crippen LogP contribution < -0.4 is 5.73 Å². The molecule has 3 N–H and O–H groups in total.